The van der Waals surface area contributed by atoms with Crippen LogP contribution in [0.1, 0.15) is 17.0 Å². The van der Waals surface area contributed by atoms with Crippen molar-refractivity contribution in [3.05, 3.63) is 41.3 Å². The molecule has 0 unspecified atom stereocenters. The molecule has 0 bridgehead atoms. The van der Waals surface area contributed by atoms with Crippen molar-refractivity contribution in [1.82, 2.24) is 15.6 Å². The third-order valence-electron chi connectivity index (χ3n) is 2.49. The van der Waals surface area contributed by atoms with Gasteiger partial charge < -0.3 is 4.42 Å². The Hall–Kier alpha value is -1.86. The standard InChI is InChI=1S/C12H14N4O2S/c1-8-15-16-12(18-8)19-7-10-5-3-2-4-9(10)6-11(17)14-13/h2-5H,6-7,13H2,1H3,(H,14,17). The molecule has 2 aromatic rings. The lowest BCUT2D eigenvalue weighted by Crippen LogP contribution is -2.31. The Labute approximate surface area is 114 Å². The molecule has 1 amide bonds. The van der Waals surface area contributed by atoms with Gasteiger partial charge in [0, 0.05) is 12.7 Å². The average molecular weight is 278 g/mol. The van der Waals surface area contributed by atoms with E-state index in [-0.39, 0.29) is 12.3 Å². The van der Waals surface area contributed by atoms with Crippen LogP contribution in [0.3, 0.4) is 0 Å². The molecule has 0 atom stereocenters. The Morgan fingerprint density at radius 3 is 2.74 bits per heavy atom. The van der Waals surface area contributed by atoms with E-state index in [9.17, 15) is 4.79 Å². The van der Waals surface area contributed by atoms with E-state index < -0.39 is 0 Å². The maximum absolute atomic E-state index is 11.3. The van der Waals surface area contributed by atoms with Crippen LogP contribution in [-0.4, -0.2) is 16.1 Å². The van der Waals surface area contributed by atoms with Gasteiger partial charge in [-0.15, -0.1) is 10.2 Å². The number of thioether (sulfide) groups is 1. The van der Waals surface area contributed by atoms with Gasteiger partial charge in [0.15, 0.2) is 0 Å². The number of carbonyl (C=O) groups is 1. The number of nitrogens with zero attached hydrogens (tertiary/aromatic N) is 2. The first kappa shape index (κ1) is 13.6. The Morgan fingerprint density at radius 1 is 1.37 bits per heavy atom. The number of aromatic nitrogens is 2. The molecule has 0 aliphatic heterocycles. The molecule has 100 valence electrons. The molecular weight excluding hydrogens is 264 g/mol. The van der Waals surface area contributed by atoms with E-state index in [2.05, 4.69) is 15.6 Å². The molecule has 0 saturated heterocycles. The highest BCUT2D eigenvalue weighted by atomic mass is 32.2. The van der Waals surface area contributed by atoms with E-state index in [0.29, 0.717) is 16.9 Å². The minimum Gasteiger partial charge on any atom is -0.416 e. The molecule has 6 nitrogen and oxygen atoms in total. The van der Waals surface area contributed by atoms with Crippen LogP contribution in [0.2, 0.25) is 0 Å². The molecule has 0 aliphatic rings. The zero-order valence-corrected chi connectivity index (χ0v) is 11.2. The summed E-state index contributed by atoms with van der Waals surface area (Å²) in [5, 5.41) is 8.20. The van der Waals surface area contributed by atoms with Crippen molar-refractivity contribution < 1.29 is 9.21 Å². The number of carbonyl (C=O) groups excluding carboxylic acids is 1. The first-order valence-electron chi connectivity index (χ1n) is 5.68. The first-order valence-corrected chi connectivity index (χ1v) is 6.66. The normalized spacial score (nSPS) is 10.4. The predicted octanol–water partition coefficient (Wildman–Crippen LogP) is 1.20. The summed E-state index contributed by atoms with van der Waals surface area (Å²) in [5.41, 5.74) is 4.12. The number of amides is 1. The van der Waals surface area contributed by atoms with Crippen LogP contribution >= 0.6 is 11.8 Å². The highest BCUT2D eigenvalue weighted by molar-refractivity contribution is 7.98. The molecule has 0 radical (unpaired) electrons. The fraction of sp³-hybridized carbons (Fsp3) is 0.250. The fourth-order valence-corrected chi connectivity index (χ4v) is 2.41. The van der Waals surface area contributed by atoms with E-state index in [0.717, 1.165) is 11.1 Å². The summed E-state index contributed by atoms with van der Waals surface area (Å²) in [6.45, 7) is 1.75. The molecule has 2 rings (SSSR count). The van der Waals surface area contributed by atoms with Gasteiger partial charge in [0.05, 0.1) is 6.42 Å². The molecule has 1 aromatic carbocycles. The van der Waals surface area contributed by atoms with Gasteiger partial charge in [-0.2, -0.15) is 0 Å². The van der Waals surface area contributed by atoms with Crippen molar-refractivity contribution in [2.45, 2.75) is 24.3 Å². The number of hydrogen-bond acceptors (Lipinski definition) is 6. The molecular formula is C12H14N4O2S. The lowest BCUT2D eigenvalue weighted by Gasteiger charge is -2.07. The zero-order chi connectivity index (χ0) is 13.7. The summed E-state index contributed by atoms with van der Waals surface area (Å²) in [7, 11) is 0. The van der Waals surface area contributed by atoms with Crippen LogP contribution in [0, 0.1) is 6.92 Å². The average Bonchev–Trinajstić information content (AvgIpc) is 2.83. The molecule has 7 heteroatoms. The van der Waals surface area contributed by atoms with Gasteiger partial charge in [-0.25, -0.2) is 5.84 Å². The SMILES string of the molecule is Cc1nnc(SCc2ccccc2CC(=O)NN)o1. The zero-order valence-electron chi connectivity index (χ0n) is 10.4. The minimum absolute atomic E-state index is 0.217. The molecule has 1 aromatic heterocycles. The van der Waals surface area contributed by atoms with E-state index >= 15 is 0 Å². The van der Waals surface area contributed by atoms with Gasteiger partial charge in [-0.1, -0.05) is 36.0 Å². The van der Waals surface area contributed by atoms with Gasteiger partial charge in [-0.3, -0.25) is 10.2 Å². The summed E-state index contributed by atoms with van der Waals surface area (Å²) in [4.78, 5) is 11.3. The van der Waals surface area contributed by atoms with Crippen LogP contribution in [0.15, 0.2) is 33.9 Å². The predicted molar refractivity (Wildman–Crippen MR) is 71.1 cm³/mol. The second-order valence-corrected chi connectivity index (χ2v) is 4.82. The van der Waals surface area contributed by atoms with Gasteiger partial charge in [0.1, 0.15) is 0 Å². The second kappa shape index (κ2) is 6.35. The van der Waals surface area contributed by atoms with Crippen molar-refractivity contribution in [3.63, 3.8) is 0 Å². The third-order valence-corrected chi connectivity index (χ3v) is 3.36. The van der Waals surface area contributed by atoms with Crippen molar-refractivity contribution in [1.29, 1.82) is 0 Å². The monoisotopic (exact) mass is 278 g/mol. The number of nitrogens with two attached hydrogens (primary N) is 1. The number of rotatable bonds is 5. The molecule has 0 spiro atoms. The number of benzene rings is 1. The third kappa shape index (κ3) is 3.80. The number of hydrogen-bond donors (Lipinski definition) is 2. The number of aryl methyl sites for hydroxylation is 1. The van der Waals surface area contributed by atoms with Gasteiger partial charge >= 0.3 is 0 Å². The van der Waals surface area contributed by atoms with Gasteiger partial charge in [-0.05, 0) is 11.1 Å². The number of hydrazine groups is 1. The van der Waals surface area contributed by atoms with Crippen molar-refractivity contribution in [2.75, 3.05) is 0 Å². The van der Waals surface area contributed by atoms with Crippen molar-refractivity contribution >= 4 is 17.7 Å². The topological polar surface area (TPSA) is 94.0 Å². The minimum atomic E-state index is -0.217. The largest absolute Gasteiger partial charge is 0.416 e. The Bertz CT molecular complexity index is 570. The molecule has 0 saturated carbocycles. The Kier molecular flexibility index (Phi) is 4.53. The highest BCUT2D eigenvalue weighted by Crippen LogP contribution is 2.23. The van der Waals surface area contributed by atoms with Crippen LogP contribution in [-0.2, 0) is 17.0 Å². The number of nitrogens with one attached hydrogen (secondary N) is 1. The highest BCUT2D eigenvalue weighted by Gasteiger charge is 2.09. The summed E-state index contributed by atoms with van der Waals surface area (Å²) in [6.07, 6.45) is 0.260. The van der Waals surface area contributed by atoms with Crippen LogP contribution in [0.25, 0.3) is 0 Å². The summed E-state index contributed by atoms with van der Waals surface area (Å²) in [5.74, 6) is 6.09. The fourth-order valence-electron chi connectivity index (χ4n) is 1.57. The second-order valence-electron chi connectivity index (χ2n) is 3.89. The van der Waals surface area contributed by atoms with E-state index in [4.69, 9.17) is 10.3 Å². The molecule has 0 fully saturated rings. The van der Waals surface area contributed by atoms with Crippen molar-refractivity contribution in [2.24, 2.45) is 5.84 Å². The summed E-state index contributed by atoms with van der Waals surface area (Å²) >= 11 is 1.44. The smallest absolute Gasteiger partial charge is 0.276 e. The van der Waals surface area contributed by atoms with E-state index in [1.807, 2.05) is 24.3 Å². The first-order chi connectivity index (χ1) is 9.19. The van der Waals surface area contributed by atoms with Crippen LogP contribution < -0.4 is 11.3 Å². The molecule has 1 heterocycles. The Morgan fingerprint density at radius 2 is 2.11 bits per heavy atom. The van der Waals surface area contributed by atoms with Crippen LogP contribution in [0.5, 0.6) is 0 Å². The van der Waals surface area contributed by atoms with E-state index in [1.165, 1.54) is 11.8 Å². The molecule has 19 heavy (non-hydrogen) atoms. The lowest BCUT2D eigenvalue weighted by molar-refractivity contribution is -0.120. The summed E-state index contributed by atoms with van der Waals surface area (Å²) in [6, 6.07) is 7.70. The van der Waals surface area contributed by atoms with E-state index in [1.54, 1.807) is 6.92 Å². The lowest BCUT2D eigenvalue weighted by atomic mass is 10.1. The summed E-state index contributed by atoms with van der Waals surface area (Å²) < 4.78 is 5.29. The Balaban J connectivity index is 2.05. The van der Waals surface area contributed by atoms with Crippen molar-refractivity contribution in [3.8, 4) is 0 Å². The molecule has 0 aliphatic carbocycles. The quantitative estimate of drug-likeness (QED) is 0.369. The van der Waals surface area contributed by atoms with Gasteiger partial charge in [0.25, 0.3) is 5.22 Å². The van der Waals surface area contributed by atoms with Crippen LogP contribution in [0.4, 0.5) is 0 Å². The van der Waals surface area contributed by atoms with Gasteiger partial charge in [0.2, 0.25) is 11.8 Å². The maximum Gasteiger partial charge on any atom is 0.276 e. The molecule has 3 N–H and O–H groups in total. The maximum atomic E-state index is 11.3.